The van der Waals surface area contributed by atoms with Crippen molar-refractivity contribution in [2.24, 2.45) is 0 Å². The van der Waals surface area contributed by atoms with E-state index in [1.807, 2.05) is 12.3 Å². The van der Waals surface area contributed by atoms with Crippen LogP contribution in [0.5, 0.6) is 5.88 Å². The maximum atomic E-state index is 5.05. The number of ether oxygens (including phenoxy) is 1. The highest BCUT2D eigenvalue weighted by atomic mass is 16.5. The van der Waals surface area contributed by atoms with Gasteiger partial charge in [0.15, 0.2) is 0 Å². The fourth-order valence-electron chi connectivity index (χ4n) is 2.70. The SMILES string of the molecule is COc1ccc(CN2CC3C[C@H]2CN3)cn1. The molecule has 2 fully saturated rings. The summed E-state index contributed by atoms with van der Waals surface area (Å²) in [6.45, 7) is 3.34. The number of fused-ring (bicyclic) bond motifs is 2. The van der Waals surface area contributed by atoms with E-state index in [-0.39, 0.29) is 0 Å². The van der Waals surface area contributed by atoms with Gasteiger partial charge >= 0.3 is 0 Å². The van der Waals surface area contributed by atoms with Crippen molar-refractivity contribution in [1.29, 1.82) is 0 Å². The van der Waals surface area contributed by atoms with E-state index in [0.29, 0.717) is 5.88 Å². The molecule has 86 valence electrons. The minimum absolute atomic E-state index is 0.688. The first-order chi connectivity index (χ1) is 7.85. The number of hydrogen-bond acceptors (Lipinski definition) is 4. The zero-order valence-electron chi connectivity index (χ0n) is 9.52. The van der Waals surface area contributed by atoms with Crippen molar-refractivity contribution in [3.8, 4) is 5.88 Å². The third kappa shape index (κ3) is 1.79. The molecule has 1 N–H and O–H groups in total. The molecule has 2 atom stereocenters. The molecule has 3 rings (SSSR count). The Balaban J connectivity index is 1.65. The molecule has 2 saturated heterocycles. The van der Waals surface area contributed by atoms with Crippen molar-refractivity contribution in [3.05, 3.63) is 23.9 Å². The van der Waals surface area contributed by atoms with Crippen LogP contribution in [0.4, 0.5) is 0 Å². The molecule has 1 unspecified atom stereocenters. The third-order valence-corrected chi connectivity index (χ3v) is 3.56. The molecule has 3 heterocycles. The monoisotopic (exact) mass is 219 g/mol. The maximum Gasteiger partial charge on any atom is 0.212 e. The summed E-state index contributed by atoms with van der Waals surface area (Å²) in [5.74, 6) is 0.688. The second-order valence-corrected chi connectivity index (χ2v) is 4.63. The van der Waals surface area contributed by atoms with Gasteiger partial charge in [-0.15, -0.1) is 0 Å². The maximum absolute atomic E-state index is 5.05. The van der Waals surface area contributed by atoms with Crippen molar-refractivity contribution < 1.29 is 4.74 Å². The molecular weight excluding hydrogens is 202 g/mol. The van der Waals surface area contributed by atoms with Crippen LogP contribution in [0, 0.1) is 0 Å². The quantitative estimate of drug-likeness (QED) is 0.809. The zero-order valence-corrected chi connectivity index (χ0v) is 9.52. The van der Waals surface area contributed by atoms with Crippen LogP contribution in [0.2, 0.25) is 0 Å². The molecule has 2 bridgehead atoms. The van der Waals surface area contributed by atoms with Crippen LogP contribution in [0.1, 0.15) is 12.0 Å². The van der Waals surface area contributed by atoms with Crippen LogP contribution >= 0.6 is 0 Å². The lowest BCUT2D eigenvalue weighted by molar-refractivity contribution is 0.217. The molecule has 1 aromatic heterocycles. The highest BCUT2D eigenvalue weighted by Crippen LogP contribution is 2.25. The summed E-state index contributed by atoms with van der Waals surface area (Å²) in [6, 6.07) is 5.48. The summed E-state index contributed by atoms with van der Waals surface area (Å²) < 4.78 is 5.05. The average Bonchev–Trinajstić information content (AvgIpc) is 2.92. The van der Waals surface area contributed by atoms with Crippen LogP contribution < -0.4 is 10.1 Å². The first-order valence-electron chi connectivity index (χ1n) is 5.81. The van der Waals surface area contributed by atoms with Gasteiger partial charge in [-0.25, -0.2) is 4.98 Å². The van der Waals surface area contributed by atoms with Crippen molar-refractivity contribution in [1.82, 2.24) is 15.2 Å². The van der Waals surface area contributed by atoms with E-state index in [1.165, 1.54) is 18.5 Å². The van der Waals surface area contributed by atoms with Crippen LogP contribution in [0.25, 0.3) is 0 Å². The van der Waals surface area contributed by atoms with Gasteiger partial charge in [0.05, 0.1) is 7.11 Å². The Morgan fingerprint density at radius 1 is 1.56 bits per heavy atom. The molecule has 4 nitrogen and oxygen atoms in total. The largest absolute Gasteiger partial charge is 0.481 e. The Labute approximate surface area is 95.6 Å². The van der Waals surface area contributed by atoms with Gasteiger partial charge in [-0.3, -0.25) is 4.90 Å². The molecule has 16 heavy (non-hydrogen) atoms. The highest BCUT2D eigenvalue weighted by molar-refractivity contribution is 5.18. The first-order valence-corrected chi connectivity index (χ1v) is 5.81. The number of nitrogens with zero attached hydrogens (tertiary/aromatic N) is 2. The number of pyridine rings is 1. The van der Waals surface area contributed by atoms with Crippen molar-refractivity contribution in [2.75, 3.05) is 20.2 Å². The van der Waals surface area contributed by atoms with E-state index in [2.05, 4.69) is 21.3 Å². The number of rotatable bonds is 3. The second kappa shape index (κ2) is 4.03. The molecule has 2 aliphatic heterocycles. The van der Waals surface area contributed by atoms with E-state index < -0.39 is 0 Å². The molecular formula is C12H17N3O. The van der Waals surface area contributed by atoms with Gasteiger partial charge < -0.3 is 10.1 Å². The highest BCUT2D eigenvalue weighted by Gasteiger charge is 2.37. The van der Waals surface area contributed by atoms with Gasteiger partial charge in [0.2, 0.25) is 5.88 Å². The molecule has 0 aromatic carbocycles. The second-order valence-electron chi connectivity index (χ2n) is 4.63. The molecule has 0 radical (unpaired) electrons. The predicted molar refractivity (Wildman–Crippen MR) is 61.4 cm³/mol. The van der Waals surface area contributed by atoms with Crippen molar-refractivity contribution in [2.45, 2.75) is 25.0 Å². The van der Waals surface area contributed by atoms with E-state index in [4.69, 9.17) is 4.74 Å². The smallest absolute Gasteiger partial charge is 0.212 e. The summed E-state index contributed by atoms with van der Waals surface area (Å²) in [5.41, 5.74) is 1.27. The Kier molecular flexibility index (Phi) is 2.53. The standard InChI is InChI=1S/C12H17N3O/c1-16-12-3-2-9(5-14-12)7-15-8-10-4-11(15)6-13-10/h2-3,5,10-11,13H,4,6-8H2,1H3/t10?,11-/m0/s1. The number of nitrogens with one attached hydrogen (secondary N) is 1. The Bertz CT molecular complexity index is 365. The van der Waals surface area contributed by atoms with Gasteiger partial charge in [-0.1, -0.05) is 6.07 Å². The summed E-state index contributed by atoms with van der Waals surface area (Å²) >= 11 is 0. The zero-order chi connectivity index (χ0) is 11.0. The predicted octanol–water partition coefficient (Wildman–Crippen LogP) is 0.636. The Morgan fingerprint density at radius 3 is 3.06 bits per heavy atom. The molecule has 4 heteroatoms. The van der Waals surface area contributed by atoms with Crippen LogP contribution in [-0.4, -0.2) is 42.2 Å². The topological polar surface area (TPSA) is 37.4 Å². The Morgan fingerprint density at radius 2 is 2.50 bits per heavy atom. The van der Waals surface area contributed by atoms with Gasteiger partial charge in [0, 0.05) is 44.0 Å². The van der Waals surface area contributed by atoms with Gasteiger partial charge in [0.25, 0.3) is 0 Å². The summed E-state index contributed by atoms with van der Waals surface area (Å²) in [5, 5.41) is 3.51. The molecule has 0 saturated carbocycles. The fraction of sp³-hybridized carbons (Fsp3) is 0.583. The minimum Gasteiger partial charge on any atom is -0.481 e. The van der Waals surface area contributed by atoms with Crippen molar-refractivity contribution >= 4 is 0 Å². The third-order valence-electron chi connectivity index (χ3n) is 3.56. The van der Waals surface area contributed by atoms with E-state index in [9.17, 15) is 0 Å². The molecule has 0 amide bonds. The lowest BCUT2D eigenvalue weighted by Crippen LogP contribution is -2.42. The first kappa shape index (κ1) is 10.1. The summed E-state index contributed by atoms with van der Waals surface area (Å²) in [7, 11) is 1.65. The summed E-state index contributed by atoms with van der Waals surface area (Å²) in [4.78, 5) is 6.78. The van der Waals surface area contributed by atoms with Crippen LogP contribution in [0.15, 0.2) is 18.3 Å². The average molecular weight is 219 g/mol. The van der Waals surface area contributed by atoms with Gasteiger partial charge in [-0.05, 0) is 12.0 Å². The Hall–Kier alpha value is -1.13. The van der Waals surface area contributed by atoms with E-state index >= 15 is 0 Å². The number of piperazine rings is 1. The van der Waals surface area contributed by atoms with Crippen LogP contribution in [0.3, 0.4) is 0 Å². The number of hydrogen-bond donors (Lipinski definition) is 1. The molecule has 1 aromatic rings. The molecule has 0 spiro atoms. The number of methoxy groups -OCH3 is 1. The lowest BCUT2D eigenvalue weighted by Gasteiger charge is -2.27. The minimum atomic E-state index is 0.688. The van der Waals surface area contributed by atoms with E-state index in [0.717, 1.165) is 25.2 Å². The summed E-state index contributed by atoms with van der Waals surface area (Å²) in [6.07, 6.45) is 3.22. The number of aromatic nitrogens is 1. The van der Waals surface area contributed by atoms with E-state index in [1.54, 1.807) is 7.11 Å². The fourth-order valence-corrected chi connectivity index (χ4v) is 2.70. The van der Waals surface area contributed by atoms with Crippen LogP contribution in [-0.2, 0) is 6.54 Å². The van der Waals surface area contributed by atoms with Gasteiger partial charge in [0.1, 0.15) is 0 Å². The number of likely N-dealkylation sites (tertiary alicyclic amines) is 1. The lowest BCUT2D eigenvalue weighted by atomic mass is 10.2. The molecule has 0 aliphatic carbocycles. The van der Waals surface area contributed by atoms with Gasteiger partial charge in [-0.2, -0.15) is 0 Å². The molecule has 2 aliphatic rings. The normalized spacial score (nSPS) is 28.6. The van der Waals surface area contributed by atoms with Crippen molar-refractivity contribution in [3.63, 3.8) is 0 Å².